The maximum absolute atomic E-state index is 4.93. The summed E-state index contributed by atoms with van der Waals surface area (Å²) >= 11 is 0. The number of aryl methyl sites for hydroxylation is 1. The molecular weight excluding hydrogens is 374 g/mol. The zero-order valence-corrected chi connectivity index (χ0v) is 17.3. The van der Waals surface area contributed by atoms with Gasteiger partial charge in [0.25, 0.3) is 0 Å². The average Bonchev–Trinajstić information content (AvgIpc) is 3.21. The molecule has 1 fully saturated rings. The Morgan fingerprint density at radius 2 is 1.60 bits per heavy atom. The van der Waals surface area contributed by atoms with E-state index in [-0.39, 0.29) is 0 Å². The zero-order valence-electron chi connectivity index (χ0n) is 17.3. The van der Waals surface area contributed by atoms with Gasteiger partial charge in [0, 0.05) is 31.9 Å². The standard InChI is InChI=1S/C23H25N7/c1-17-8-10-18(11-9-17)25-21-20-16-24-30(19-6-4-3-5-7-19)22(20)27-23(26-21)29-14-12-28(2)13-15-29/h3-11,16H,12-15H2,1-2H3,(H,25,26,27). The summed E-state index contributed by atoms with van der Waals surface area (Å²) in [6, 6.07) is 18.4. The molecule has 0 bridgehead atoms. The number of fused-ring (bicyclic) bond motifs is 1. The number of nitrogens with one attached hydrogen (secondary N) is 1. The van der Waals surface area contributed by atoms with Crippen molar-refractivity contribution in [1.82, 2.24) is 24.6 Å². The van der Waals surface area contributed by atoms with Crippen LogP contribution in [0.5, 0.6) is 0 Å². The second-order valence-electron chi connectivity index (χ2n) is 7.78. The second kappa shape index (κ2) is 7.76. The molecule has 1 aliphatic heterocycles. The molecule has 152 valence electrons. The lowest BCUT2D eigenvalue weighted by atomic mass is 10.2. The highest BCUT2D eigenvalue weighted by atomic mass is 15.4. The summed E-state index contributed by atoms with van der Waals surface area (Å²) in [5.74, 6) is 1.52. The lowest BCUT2D eigenvalue weighted by molar-refractivity contribution is 0.311. The van der Waals surface area contributed by atoms with Crippen molar-refractivity contribution >= 4 is 28.5 Å². The molecule has 2 aromatic heterocycles. The number of benzene rings is 2. The van der Waals surface area contributed by atoms with Gasteiger partial charge in [-0.3, -0.25) is 0 Å². The van der Waals surface area contributed by atoms with E-state index in [0.29, 0.717) is 0 Å². The number of likely N-dealkylation sites (N-methyl/N-ethyl adjacent to an activating group) is 1. The number of nitrogens with zero attached hydrogens (tertiary/aromatic N) is 6. The Hall–Kier alpha value is -3.45. The first kappa shape index (κ1) is 18.6. The lowest BCUT2D eigenvalue weighted by Crippen LogP contribution is -2.45. The third-order valence-electron chi connectivity index (χ3n) is 5.52. The van der Waals surface area contributed by atoms with E-state index < -0.39 is 0 Å². The molecule has 0 unspecified atom stereocenters. The topological polar surface area (TPSA) is 62.1 Å². The number of rotatable bonds is 4. The molecule has 0 saturated carbocycles. The monoisotopic (exact) mass is 399 g/mol. The van der Waals surface area contributed by atoms with Crippen LogP contribution in [-0.2, 0) is 0 Å². The highest BCUT2D eigenvalue weighted by molar-refractivity contribution is 5.90. The lowest BCUT2D eigenvalue weighted by Gasteiger charge is -2.32. The number of hydrogen-bond acceptors (Lipinski definition) is 6. The van der Waals surface area contributed by atoms with Gasteiger partial charge in [0.05, 0.1) is 17.3 Å². The Labute approximate surface area is 176 Å². The minimum atomic E-state index is 0.739. The van der Waals surface area contributed by atoms with Crippen LogP contribution >= 0.6 is 0 Å². The molecule has 0 radical (unpaired) electrons. The van der Waals surface area contributed by atoms with Crippen LogP contribution in [0.4, 0.5) is 17.5 Å². The van der Waals surface area contributed by atoms with Gasteiger partial charge in [-0.1, -0.05) is 35.9 Å². The van der Waals surface area contributed by atoms with Crippen LogP contribution in [0.1, 0.15) is 5.56 Å². The van der Waals surface area contributed by atoms with E-state index in [2.05, 4.69) is 58.5 Å². The molecule has 2 aromatic carbocycles. The Morgan fingerprint density at radius 3 is 2.33 bits per heavy atom. The van der Waals surface area contributed by atoms with Crippen LogP contribution < -0.4 is 10.2 Å². The van der Waals surface area contributed by atoms with Crippen molar-refractivity contribution in [2.45, 2.75) is 6.92 Å². The number of para-hydroxylation sites is 1. The van der Waals surface area contributed by atoms with E-state index in [1.165, 1.54) is 5.56 Å². The molecule has 30 heavy (non-hydrogen) atoms. The Morgan fingerprint density at radius 1 is 0.867 bits per heavy atom. The molecule has 5 rings (SSSR count). The average molecular weight is 400 g/mol. The first-order valence-corrected chi connectivity index (χ1v) is 10.3. The Balaban J connectivity index is 1.61. The van der Waals surface area contributed by atoms with Crippen molar-refractivity contribution in [2.75, 3.05) is 43.4 Å². The fraction of sp³-hybridized carbons (Fsp3) is 0.261. The summed E-state index contributed by atoms with van der Waals surface area (Å²) in [5, 5.41) is 9.01. The van der Waals surface area contributed by atoms with E-state index in [4.69, 9.17) is 9.97 Å². The number of piperazine rings is 1. The van der Waals surface area contributed by atoms with Gasteiger partial charge in [0.15, 0.2) is 5.65 Å². The van der Waals surface area contributed by atoms with Crippen LogP contribution in [0.2, 0.25) is 0 Å². The highest BCUT2D eigenvalue weighted by Crippen LogP contribution is 2.28. The zero-order chi connectivity index (χ0) is 20.5. The molecule has 1 N–H and O–H groups in total. The summed E-state index contributed by atoms with van der Waals surface area (Å²) in [6.07, 6.45) is 1.84. The molecule has 7 nitrogen and oxygen atoms in total. The molecule has 1 saturated heterocycles. The molecule has 0 amide bonds. The third-order valence-corrected chi connectivity index (χ3v) is 5.52. The molecular formula is C23H25N7. The molecule has 7 heteroatoms. The predicted octanol–water partition coefficient (Wildman–Crippen LogP) is 3.62. The SMILES string of the molecule is Cc1ccc(Nc2nc(N3CCN(C)CC3)nc3c2cnn3-c2ccccc2)cc1. The van der Waals surface area contributed by atoms with Crippen molar-refractivity contribution in [1.29, 1.82) is 0 Å². The first-order valence-electron chi connectivity index (χ1n) is 10.3. The van der Waals surface area contributed by atoms with Gasteiger partial charge < -0.3 is 15.1 Å². The number of anilines is 3. The normalized spacial score (nSPS) is 14.9. The maximum atomic E-state index is 4.93. The minimum absolute atomic E-state index is 0.739. The van der Waals surface area contributed by atoms with E-state index in [1.54, 1.807) is 0 Å². The molecule has 0 spiro atoms. The van der Waals surface area contributed by atoms with Crippen LogP contribution in [-0.4, -0.2) is 57.9 Å². The predicted molar refractivity (Wildman–Crippen MR) is 121 cm³/mol. The summed E-state index contributed by atoms with van der Waals surface area (Å²) in [6.45, 7) is 5.90. The van der Waals surface area contributed by atoms with Crippen LogP contribution in [0, 0.1) is 6.92 Å². The van der Waals surface area contributed by atoms with E-state index >= 15 is 0 Å². The fourth-order valence-corrected chi connectivity index (χ4v) is 3.67. The third kappa shape index (κ3) is 3.59. The summed E-state index contributed by atoms with van der Waals surface area (Å²) < 4.78 is 1.89. The Kier molecular flexibility index (Phi) is 4.80. The molecule has 1 aliphatic rings. The van der Waals surface area contributed by atoms with Crippen LogP contribution in [0.15, 0.2) is 60.8 Å². The number of hydrogen-bond donors (Lipinski definition) is 1. The van der Waals surface area contributed by atoms with Gasteiger partial charge in [-0.05, 0) is 38.2 Å². The van der Waals surface area contributed by atoms with Gasteiger partial charge in [-0.25, -0.2) is 4.68 Å². The molecule has 0 atom stereocenters. The molecule has 0 aliphatic carbocycles. The summed E-state index contributed by atoms with van der Waals surface area (Å²) in [5.41, 5.74) is 4.01. The molecule has 3 heterocycles. The maximum Gasteiger partial charge on any atom is 0.229 e. The second-order valence-corrected chi connectivity index (χ2v) is 7.78. The van der Waals surface area contributed by atoms with Crippen LogP contribution in [0.3, 0.4) is 0 Å². The van der Waals surface area contributed by atoms with Crippen molar-refractivity contribution in [2.24, 2.45) is 0 Å². The van der Waals surface area contributed by atoms with Crippen molar-refractivity contribution in [3.05, 3.63) is 66.4 Å². The summed E-state index contributed by atoms with van der Waals surface area (Å²) in [7, 11) is 2.15. The summed E-state index contributed by atoms with van der Waals surface area (Å²) in [4.78, 5) is 14.4. The van der Waals surface area contributed by atoms with E-state index in [0.717, 1.165) is 60.4 Å². The fourth-order valence-electron chi connectivity index (χ4n) is 3.67. The van der Waals surface area contributed by atoms with Gasteiger partial charge >= 0.3 is 0 Å². The van der Waals surface area contributed by atoms with Gasteiger partial charge in [0.1, 0.15) is 5.82 Å². The van der Waals surface area contributed by atoms with Gasteiger partial charge in [-0.15, -0.1) is 0 Å². The Bertz CT molecular complexity index is 1140. The molecule has 4 aromatic rings. The largest absolute Gasteiger partial charge is 0.339 e. The smallest absolute Gasteiger partial charge is 0.229 e. The van der Waals surface area contributed by atoms with E-state index in [1.807, 2.05) is 41.2 Å². The first-order chi connectivity index (χ1) is 14.7. The van der Waals surface area contributed by atoms with Crippen molar-refractivity contribution < 1.29 is 0 Å². The van der Waals surface area contributed by atoms with Crippen LogP contribution in [0.25, 0.3) is 16.7 Å². The number of aromatic nitrogens is 4. The van der Waals surface area contributed by atoms with Gasteiger partial charge in [0.2, 0.25) is 5.95 Å². The van der Waals surface area contributed by atoms with E-state index in [9.17, 15) is 0 Å². The quantitative estimate of drug-likeness (QED) is 0.566. The van der Waals surface area contributed by atoms with Crippen molar-refractivity contribution in [3.63, 3.8) is 0 Å². The van der Waals surface area contributed by atoms with Gasteiger partial charge in [-0.2, -0.15) is 15.1 Å². The highest BCUT2D eigenvalue weighted by Gasteiger charge is 2.21. The van der Waals surface area contributed by atoms with Crippen molar-refractivity contribution in [3.8, 4) is 5.69 Å². The minimum Gasteiger partial charge on any atom is -0.339 e.